The van der Waals surface area contributed by atoms with Crippen molar-refractivity contribution in [1.29, 1.82) is 0 Å². The Balaban J connectivity index is 1.65. The van der Waals surface area contributed by atoms with Crippen LogP contribution in [0.25, 0.3) is 0 Å². The molecule has 0 amide bonds. The summed E-state index contributed by atoms with van der Waals surface area (Å²) in [5, 5.41) is 0. The zero-order valence-electron chi connectivity index (χ0n) is 13.4. The Kier molecular flexibility index (Phi) is 4.85. The van der Waals surface area contributed by atoms with E-state index in [9.17, 15) is 0 Å². The minimum atomic E-state index is 0.509. The number of methoxy groups -OCH3 is 1. The summed E-state index contributed by atoms with van der Waals surface area (Å²) in [6, 6.07) is 6.11. The van der Waals surface area contributed by atoms with Gasteiger partial charge >= 0.3 is 0 Å². The van der Waals surface area contributed by atoms with E-state index in [0.717, 1.165) is 44.9 Å². The smallest absolute Gasteiger partial charge is 0.113 e. The van der Waals surface area contributed by atoms with Crippen LogP contribution in [0.3, 0.4) is 0 Å². The monoisotopic (exact) mass is 300 g/mol. The normalized spacial score (nSPS) is 18.9. The Labute approximate surface area is 131 Å². The van der Waals surface area contributed by atoms with Gasteiger partial charge in [0, 0.05) is 50.7 Å². The molecule has 0 bridgehead atoms. The highest BCUT2D eigenvalue weighted by atomic mass is 16.5. The standard InChI is InChI=1S/C17H24N4O/c1-14-11-19-17(21(14)9-10-22-2)15-6-8-20(12-15)13-16-5-3-4-7-18-16/h3-5,7,11,15H,6,8-10,12-13H2,1-2H3. The summed E-state index contributed by atoms with van der Waals surface area (Å²) >= 11 is 0. The lowest BCUT2D eigenvalue weighted by atomic mass is 10.1. The molecule has 1 unspecified atom stereocenters. The van der Waals surface area contributed by atoms with Gasteiger partial charge in [-0.3, -0.25) is 9.88 Å². The second-order valence-corrected chi connectivity index (χ2v) is 5.94. The highest BCUT2D eigenvalue weighted by Gasteiger charge is 2.27. The van der Waals surface area contributed by atoms with Crippen molar-refractivity contribution in [2.75, 3.05) is 26.8 Å². The van der Waals surface area contributed by atoms with Crippen LogP contribution in [0.4, 0.5) is 0 Å². The van der Waals surface area contributed by atoms with Gasteiger partial charge in [-0.05, 0) is 32.0 Å². The largest absolute Gasteiger partial charge is 0.383 e. The molecule has 5 nitrogen and oxygen atoms in total. The van der Waals surface area contributed by atoms with Gasteiger partial charge in [-0.2, -0.15) is 0 Å². The highest BCUT2D eigenvalue weighted by Crippen LogP contribution is 2.27. The van der Waals surface area contributed by atoms with E-state index in [1.807, 2.05) is 18.5 Å². The van der Waals surface area contributed by atoms with E-state index < -0.39 is 0 Å². The van der Waals surface area contributed by atoms with Crippen molar-refractivity contribution in [3.05, 3.63) is 47.8 Å². The maximum absolute atomic E-state index is 5.22. The van der Waals surface area contributed by atoms with Crippen molar-refractivity contribution in [2.24, 2.45) is 0 Å². The van der Waals surface area contributed by atoms with Crippen LogP contribution in [0.15, 0.2) is 30.6 Å². The number of hydrogen-bond donors (Lipinski definition) is 0. The van der Waals surface area contributed by atoms with Gasteiger partial charge in [0.2, 0.25) is 0 Å². The van der Waals surface area contributed by atoms with E-state index in [0.29, 0.717) is 5.92 Å². The van der Waals surface area contributed by atoms with Gasteiger partial charge < -0.3 is 9.30 Å². The number of likely N-dealkylation sites (tertiary alicyclic amines) is 1. The van der Waals surface area contributed by atoms with E-state index in [1.165, 1.54) is 11.5 Å². The quantitative estimate of drug-likeness (QED) is 0.820. The van der Waals surface area contributed by atoms with E-state index in [2.05, 4.69) is 38.5 Å². The molecule has 1 fully saturated rings. The van der Waals surface area contributed by atoms with Gasteiger partial charge in [-0.1, -0.05) is 6.07 Å². The average Bonchev–Trinajstić information content (AvgIpc) is 3.13. The molecule has 0 radical (unpaired) electrons. The molecule has 0 N–H and O–H groups in total. The molecule has 2 aromatic heterocycles. The average molecular weight is 300 g/mol. The topological polar surface area (TPSA) is 43.2 Å². The third-order valence-electron chi connectivity index (χ3n) is 4.35. The van der Waals surface area contributed by atoms with Crippen LogP contribution in [-0.4, -0.2) is 46.2 Å². The first-order valence-corrected chi connectivity index (χ1v) is 7.91. The van der Waals surface area contributed by atoms with E-state index in [4.69, 9.17) is 4.74 Å². The molecule has 0 saturated carbocycles. The molecule has 2 aromatic rings. The molecule has 118 valence electrons. The molecule has 3 rings (SSSR count). The molecule has 1 aliphatic rings. The Bertz CT molecular complexity index is 596. The number of nitrogens with zero attached hydrogens (tertiary/aromatic N) is 4. The van der Waals surface area contributed by atoms with Crippen molar-refractivity contribution < 1.29 is 4.74 Å². The van der Waals surface area contributed by atoms with Crippen LogP contribution in [0, 0.1) is 6.92 Å². The van der Waals surface area contributed by atoms with Crippen LogP contribution in [-0.2, 0) is 17.8 Å². The Morgan fingerprint density at radius 3 is 3.00 bits per heavy atom. The molecule has 1 saturated heterocycles. The lowest BCUT2D eigenvalue weighted by Crippen LogP contribution is -2.21. The molecule has 1 atom stereocenters. The second-order valence-electron chi connectivity index (χ2n) is 5.94. The van der Waals surface area contributed by atoms with Crippen molar-refractivity contribution in [1.82, 2.24) is 19.4 Å². The van der Waals surface area contributed by atoms with Crippen LogP contribution in [0.1, 0.15) is 29.6 Å². The number of hydrogen-bond acceptors (Lipinski definition) is 4. The molecule has 0 aliphatic carbocycles. The second kappa shape index (κ2) is 7.03. The van der Waals surface area contributed by atoms with Crippen LogP contribution in [0.5, 0.6) is 0 Å². The fourth-order valence-electron chi connectivity index (χ4n) is 3.19. The Morgan fingerprint density at radius 2 is 2.23 bits per heavy atom. The van der Waals surface area contributed by atoms with Gasteiger partial charge in [0.25, 0.3) is 0 Å². The maximum atomic E-state index is 5.22. The molecular weight excluding hydrogens is 276 g/mol. The lowest BCUT2D eigenvalue weighted by molar-refractivity contribution is 0.185. The number of imidazole rings is 1. The van der Waals surface area contributed by atoms with Crippen molar-refractivity contribution in [3.8, 4) is 0 Å². The molecular formula is C17H24N4O. The summed E-state index contributed by atoms with van der Waals surface area (Å²) < 4.78 is 7.52. The summed E-state index contributed by atoms with van der Waals surface area (Å²) in [5.74, 6) is 1.72. The summed E-state index contributed by atoms with van der Waals surface area (Å²) in [6.07, 6.45) is 5.01. The number of aryl methyl sites for hydroxylation is 1. The van der Waals surface area contributed by atoms with Crippen LogP contribution >= 0.6 is 0 Å². The molecule has 22 heavy (non-hydrogen) atoms. The molecule has 5 heteroatoms. The third-order valence-corrected chi connectivity index (χ3v) is 4.35. The Morgan fingerprint density at radius 1 is 1.32 bits per heavy atom. The van der Waals surface area contributed by atoms with E-state index in [1.54, 1.807) is 7.11 Å². The minimum Gasteiger partial charge on any atom is -0.383 e. The number of rotatable bonds is 6. The zero-order valence-corrected chi connectivity index (χ0v) is 13.4. The zero-order chi connectivity index (χ0) is 15.4. The van der Waals surface area contributed by atoms with Crippen LogP contribution in [0.2, 0.25) is 0 Å². The van der Waals surface area contributed by atoms with Gasteiger partial charge in [-0.25, -0.2) is 4.98 Å². The number of pyridine rings is 1. The fraction of sp³-hybridized carbons (Fsp3) is 0.529. The molecule has 0 spiro atoms. The van der Waals surface area contributed by atoms with E-state index in [-0.39, 0.29) is 0 Å². The first kappa shape index (κ1) is 15.2. The van der Waals surface area contributed by atoms with Crippen molar-refractivity contribution >= 4 is 0 Å². The molecule has 3 heterocycles. The van der Waals surface area contributed by atoms with Gasteiger partial charge in [0.1, 0.15) is 5.82 Å². The van der Waals surface area contributed by atoms with Crippen molar-refractivity contribution in [2.45, 2.75) is 32.4 Å². The maximum Gasteiger partial charge on any atom is 0.113 e. The Hall–Kier alpha value is -1.72. The lowest BCUT2D eigenvalue weighted by Gasteiger charge is -2.17. The van der Waals surface area contributed by atoms with Crippen LogP contribution < -0.4 is 0 Å². The fourth-order valence-corrected chi connectivity index (χ4v) is 3.19. The summed E-state index contributed by atoms with van der Waals surface area (Å²) in [4.78, 5) is 11.6. The third kappa shape index (κ3) is 3.36. The number of ether oxygens (including phenoxy) is 1. The number of aromatic nitrogens is 3. The van der Waals surface area contributed by atoms with Crippen molar-refractivity contribution in [3.63, 3.8) is 0 Å². The first-order valence-electron chi connectivity index (χ1n) is 7.91. The molecule has 1 aliphatic heterocycles. The minimum absolute atomic E-state index is 0.509. The van der Waals surface area contributed by atoms with E-state index >= 15 is 0 Å². The van der Waals surface area contributed by atoms with Gasteiger partial charge in [0.05, 0.1) is 12.3 Å². The first-order chi connectivity index (χ1) is 10.8. The summed E-state index contributed by atoms with van der Waals surface area (Å²) in [6.45, 7) is 6.82. The summed E-state index contributed by atoms with van der Waals surface area (Å²) in [5.41, 5.74) is 2.36. The molecule has 0 aromatic carbocycles. The van der Waals surface area contributed by atoms with Gasteiger partial charge in [0.15, 0.2) is 0 Å². The predicted molar refractivity (Wildman–Crippen MR) is 85.7 cm³/mol. The highest BCUT2D eigenvalue weighted by molar-refractivity contribution is 5.11. The summed E-state index contributed by atoms with van der Waals surface area (Å²) in [7, 11) is 1.75. The van der Waals surface area contributed by atoms with Gasteiger partial charge in [-0.15, -0.1) is 0 Å². The SMILES string of the molecule is COCCn1c(C)cnc1C1CCN(Cc2ccccn2)C1. The predicted octanol–water partition coefficient (Wildman–Crippen LogP) is 2.22.